The van der Waals surface area contributed by atoms with Crippen molar-refractivity contribution in [1.82, 2.24) is 0 Å². The van der Waals surface area contributed by atoms with Gasteiger partial charge in [0, 0.05) is 80.2 Å². The van der Waals surface area contributed by atoms with Crippen LogP contribution in [0.1, 0.15) is 57.6 Å². The molecule has 1 fully saturated rings. The first-order valence-electron chi connectivity index (χ1n) is 19.4. The highest BCUT2D eigenvalue weighted by atomic mass is 32.2. The van der Waals surface area contributed by atoms with E-state index in [9.17, 15) is 72.6 Å². The second kappa shape index (κ2) is 19.0. The topological polar surface area (TPSA) is 340 Å². The molecule has 26 heteroatoms. The first kappa shape index (κ1) is 51.1. The van der Waals surface area contributed by atoms with Gasteiger partial charge in [-0.3, -0.25) is 0 Å². The van der Waals surface area contributed by atoms with Gasteiger partial charge in [0.05, 0.1) is 53.1 Å². The molecule has 356 valence electrons. The third-order valence-corrected chi connectivity index (χ3v) is 16.1. The molecule has 1 aliphatic carbocycles. The molecule has 2 heterocycles. The Kier molecular flexibility index (Phi) is 14.9. The van der Waals surface area contributed by atoms with Crippen LogP contribution in [-0.4, -0.2) is 115 Å². The first-order chi connectivity index (χ1) is 30.1. The highest BCUT2D eigenvalue weighted by molar-refractivity contribution is 7.95. The van der Waals surface area contributed by atoms with Crippen LogP contribution in [-0.2, 0) is 60.0 Å². The molecular formula is C39H41N2O18S6-5. The van der Waals surface area contributed by atoms with Gasteiger partial charge in [-0.15, -0.1) is 0 Å². The predicted octanol–water partition coefficient (Wildman–Crippen LogP) is 1.16. The van der Waals surface area contributed by atoms with Gasteiger partial charge in [-0.25, -0.2) is 33.7 Å². The molecule has 1 saturated carbocycles. The maximum atomic E-state index is 12.8. The molecule has 0 spiro atoms. The summed E-state index contributed by atoms with van der Waals surface area (Å²) >= 11 is 0.786. The zero-order valence-electron chi connectivity index (χ0n) is 34.5. The van der Waals surface area contributed by atoms with Gasteiger partial charge in [0.1, 0.15) is 26.3 Å². The smallest absolute Gasteiger partial charge is 0.209 e. The number of hydrogen-bond acceptors (Lipinski definition) is 21. The van der Waals surface area contributed by atoms with Crippen molar-refractivity contribution in [1.29, 1.82) is 0 Å². The van der Waals surface area contributed by atoms with Gasteiger partial charge in [0.25, 0.3) is 0 Å². The Bertz CT molecular complexity index is 2970. The number of hydrogen-bond donors (Lipinski definition) is 2. The maximum absolute atomic E-state index is 12.8. The van der Waals surface area contributed by atoms with E-state index in [0.29, 0.717) is 70.0 Å². The van der Waals surface area contributed by atoms with Gasteiger partial charge >= 0.3 is 0 Å². The molecule has 6 rings (SSSR count). The van der Waals surface area contributed by atoms with Crippen LogP contribution in [0.3, 0.4) is 0 Å². The number of anilines is 1. The summed E-state index contributed by atoms with van der Waals surface area (Å²) in [5.74, 6) is -2.27. The minimum atomic E-state index is -5.22. The number of aliphatic hydroxyl groups is 2. The molecule has 0 amide bonds. The number of allylic oxidation sites excluding steroid dienone is 4. The lowest BCUT2D eigenvalue weighted by Crippen LogP contribution is -2.45. The molecule has 2 aliphatic heterocycles. The summed E-state index contributed by atoms with van der Waals surface area (Å²) in [6.07, 6.45) is 2.80. The van der Waals surface area contributed by atoms with Crippen LogP contribution in [0.15, 0.2) is 91.9 Å². The molecular weight excluding hydrogens is 977 g/mol. The largest absolute Gasteiger partial charge is 0.748 e. The summed E-state index contributed by atoms with van der Waals surface area (Å²) in [5, 5.41) is 44.5. The second-order valence-corrected chi connectivity index (χ2v) is 23.7. The highest BCUT2D eigenvalue weighted by Gasteiger charge is 2.52. The molecule has 3 aliphatic rings. The molecule has 3 aromatic carbocycles. The van der Waals surface area contributed by atoms with Crippen LogP contribution in [0, 0.1) is 0 Å². The molecule has 0 saturated heterocycles. The van der Waals surface area contributed by atoms with E-state index < -0.39 is 97.4 Å². The molecule has 65 heavy (non-hydrogen) atoms. The summed E-state index contributed by atoms with van der Waals surface area (Å²) in [6, 6.07) is 9.07. The van der Waals surface area contributed by atoms with E-state index in [1.54, 1.807) is 41.5 Å². The molecule has 20 nitrogen and oxygen atoms in total. The van der Waals surface area contributed by atoms with E-state index >= 15 is 0 Å². The standard InChI is InChI=1S/C39H46N2O18S6/c1-38(2)34(40(19-25(42)21-62(46,47)48)32-13-10-24-16-29(65(55,56)57)18-33(61-59-45)35(24)36(32)38)8-4-7-28(64(52,53)54)12-9-23-6-5-15-39(3)30-17-27(60-58-44)11-14-31(30)41(37(23)39)20-26(43)22-63(49,50)51/h4,7,9-14,16-18,25-26,34,42-43H,5-6,8,15,19-22H2,1-3H3,(H5-,44,45,46,47,48,49,50,51,52,53,54,55,56,57)/p-5/b7-4+,23-9+,28-12-. The second-order valence-electron chi connectivity index (χ2n) is 16.6. The van der Waals surface area contributed by atoms with E-state index in [-0.39, 0.29) is 40.7 Å². The SMILES string of the molecule is CC12CCC\C(=C/C=C(/C=C/CC3N(CC(O)CS(=O)(=O)[O-])c4ccc5cc(S(=O)(=O)[O-])cc(SO[O-])c5c4C3(C)C)S(=O)(=O)[O-])C1=[N+](CC(O)CS(=O)(=O)[O-])c1ccc(SO[O-])cc12. The Morgan fingerprint density at radius 2 is 1.57 bits per heavy atom. The Morgan fingerprint density at radius 1 is 0.908 bits per heavy atom. The van der Waals surface area contributed by atoms with Crippen LogP contribution in [0.4, 0.5) is 11.4 Å². The van der Waals surface area contributed by atoms with Crippen molar-refractivity contribution in [3.05, 3.63) is 88.4 Å². The normalized spacial score (nSPS) is 21.9. The van der Waals surface area contributed by atoms with Crippen LogP contribution >= 0.6 is 24.1 Å². The number of nitrogens with zero attached hydrogens (tertiary/aromatic N) is 2. The number of benzene rings is 3. The number of rotatable bonds is 18. The summed E-state index contributed by atoms with van der Waals surface area (Å²) in [5.41, 5.74) is 1.07. The molecule has 0 bridgehead atoms. The van der Waals surface area contributed by atoms with Gasteiger partial charge < -0.3 is 52.5 Å². The molecule has 4 unspecified atom stereocenters. The lowest BCUT2D eigenvalue weighted by Gasteiger charge is -2.35. The van der Waals surface area contributed by atoms with Gasteiger partial charge in [-0.1, -0.05) is 32.1 Å². The molecule has 3 aromatic rings. The Labute approximate surface area is 384 Å². The summed E-state index contributed by atoms with van der Waals surface area (Å²) < 4.78 is 154. The Balaban J connectivity index is 1.43. The summed E-state index contributed by atoms with van der Waals surface area (Å²) in [4.78, 5) is 0.572. The van der Waals surface area contributed by atoms with Gasteiger partial charge in [0.15, 0.2) is 12.3 Å². The molecule has 0 aromatic heterocycles. The molecule has 4 atom stereocenters. The summed E-state index contributed by atoms with van der Waals surface area (Å²) in [6.45, 7) is 4.49. The molecule has 2 N–H and O–H groups in total. The lowest BCUT2D eigenvalue weighted by molar-refractivity contribution is -0.630. The van der Waals surface area contributed by atoms with Crippen LogP contribution in [0.5, 0.6) is 0 Å². The van der Waals surface area contributed by atoms with Crippen LogP contribution < -0.4 is 15.4 Å². The fourth-order valence-electron chi connectivity index (χ4n) is 9.35. The number of fused-ring (bicyclic) bond motifs is 6. The third kappa shape index (κ3) is 11.2. The Hall–Kier alpha value is -3.29. The summed E-state index contributed by atoms with van der Waals surface area (Å²) in [7, 11) is -20.0. The minimum Gasteiger partial charge on any atom is -0.748 e. The van der Waals surface area contributed by atoms with Crippen molar-refractivity contribution in [2.45, 2.75) is 90.2 Å². The van der Waals surface area contributed by atoms with Crippen LogP contribution in [0.25, 0.3) is 10.8 Å². The van der Waals surface area contributed by atoms with Crippen molar-refractivity contribution in [2.24, 2.45) is 0 Å². The Morgan fingerprint density at radius 3 is 2.18 bits per heavy atom. The average Bonchev–Trinajstić information content (AvgIpc) is 3.53. The van der Waals surface area contributed by atoms with Crippen molar-refractivity contribution in [2.75, 3.05) is 29.5 Å². The predicted molar refractivity (Wildman–Crippen MR) is 228 cm³/mol. The maximum Gasteiger partial charge on any atom is 0.209 e. The van der Waals surface area contributed by atoms with Crippen molar-refractivity contribution in [3.8, 4) is 0 Å². The van der Waals surface area contributed by atoms with E-state index in [1.165, 1.54) is 24.3 Å². The van der Waals surface area contributed by atoms with Gasteiger partial charge in [-0.2, -0.15) is 4.58 Å². The van der Waals surface area contributed by atoms with E-state index in [2.05, 4.69) is 8.67 Å². The van der Waals surface area contributed by atoms with E-state index in [4.69, 9.17) is 0 Å². The fraction of sp³-hybridized carbons (Fsp3) is 0.410. The number of β-amino-alcohol motifs (C(OH)–C–C–N with tert-alkyl or cyclic N) is 2. The molecule has 0 radical (unpaired) electrons. The van der Waals surface area contributed by atoms with Crippen molar-refractivity contribution >= 4 is 92.4 Å². The minimum absolute atomic E-state index is 0.0623. The number of aliphatic hydroxyl groups excluding tert-OH is 2. The fourth-order valence-corrected chi connectivity index (χ4v) is 12.5. The zero-order chi connectivity index (χ0) is 48.1. The van der Waals surface area contributed by atoms with Crippen molar-refractivity contribution < 1.29 is 85.9 Å². The van der Waals surface area contributed by atoms with E-state index in [1.807, 2.05) is 6.92 Å². The third-order valence-electron chi connectivity index (χ3n) is 11.8. The quantitative estimate of drug-likeness (QED) is 0.0451. The van der Waals surface area contributed by atoms with Crippen molar-refractivity contribution in [3.63, 3.8) is 0 Å². The monoisotopic (exact) mass is 1020 g/mol. The van der Waals surface area contributed by atoms with Gasteiger partial charge in [-0.05, 0) is 86.0 Å². The first-order valence-corrected chi connectivity index (χ1v) is 26.9. The van der Waals surface area contributed by atoms with Crippen LogP contribution in [0.2, 0.25) is 0 Å². The van der Waals surface area contributed by atoms with Gasteiger partial charge in [0.2, 0.25) is 5.69 Å². The average molecular weight is 1020 g/mol. The highest BCUT2D eigenvalue weighted by Crippen LogP contribution is 2.53. The van der Waals surface area contributed by atoms with E-state index in [0.717, 1.165) is 24.3 Å². The zero-order valence-corrected chi connectivity index (χ0v) is 39.4. The lowest BCUT2D eigenvalue weighted by atomic mass is 9.69.